The second-order valence-corrected chi connectivity index (χ2v) is 4.48. The fraction of sp³-hybridized carbons (Fsp3) is 0.615. The molecule has 0 bridgehead atoms. The normalized spacial score (nSPS) is 20.4. The van der Waals surface area contributed by atoms with E-state index in [4.69, 9.17) is 5.73 Å². The molecule has 1 fully saturated rings. The summed E-state index contributed by atoms with van der Waals surface area (Å²) in [6, 6.07) is -0.000486. The van der Waals surface area contributed by atoms with E-state index in [1.54, 1.807) is 0 Å². The lowest BCUT2D eigenvalue weighted by atomic mass is 9.95. The van der Waals surface area contributed by atoms with Crippen LogP contribution in [0.2, 0.25) is 0 Å². The first-order valence-electron chi connectivity index (χ1n) is 6.00. The van der Waals surface area contributed by atoms with Gasteiger partial charge in [0.2, 0.25) is 0 Å². The molecule has 0 atom stereocenters. The van der Waals surface area contributed by atoms with Gasteiger partial charge in [0, 0.05) is 18.7 Å². The van der Waals surface area contributed by atoms with Crippen molar-refractivity contribution in [2.45, 2.75) is 51.0 Å². The van der Waals surface area contributed by atoms with E-state index in [0.717, 1.165) is 38.8 Å². The molecule has 17 heavy (non-hydrogen) atoms. The molecule has 0 aromatic heterocycles. The van der Waals surface area contributed by atoms with Crippen LogP contribution < -0.4 is 5.73 Å². The van der Waals surface area contributed by atoms with Gasteiger partial charge in [-0.25, -0.2) is 0 Å². The fourth-order valence-electron chi connectivity index (χ4n) is 2.08. The van der Waals surface area contributed by atoms with E-state index in [1.165, 1.54) is 12.5 Å². The predicted molar refractivity (Wildman–Crippen MR) is 67.4 cm³/mol. The molecule has 0 radical (unpaired) electrons. The summed E-state index contributed by atoms with van der Waals surface area (Å²) in [7, 11) is 0. The standard InChI is InChI=1S/C13H20F2N2/c1-3-10(9-16)12(13(2,14)15)17-11-7-5-4-6-8-11/h3,9,11H,1,4-8,16H2,2H3. The molecule has 0 aliphatic heterocycles. The molecule has 96 valence electrons. The van der Waals surface area contributed by atoms with Crippen LogP contribution in [0, 0.1) is 0 Å². The van der Waals surface area contributed by atoms with Gasteiger partial charge in [0.1, 0.15) is 5.71 Å². The molecular weight excluding hydrogens is 222 g/mol. The van der Waals surface area contributed by atoms with Gasteiger partial charge in [0.15, 0.2) is 0 Å². The maximum atomic E-state index is 13.5. The molecule has 2 N–H and O–H groups in total. The highest BCUT2D eigenvalue weighted by Crippen LogP contribution is 2.26. The molecule has 0 amide bonds. The van der Waals surface area contributed by atoms with Crippen molar-refractivity contribution in [1.29, 1.82) is 0 Å². The van der Waals surface area contributed by atoms with E-state index in [1.807, 2.05) is 0 Å². The Bertz CT molecular complexity index is 321. The molecule has 1 saturated carbocycles. The first-order chi connectivity index (χ1) is 7.99. The number of nitrogens with zero attached hydrogens (tertiary/aromatic N) is 1. The summed E-state index contributed by atoms with van der Waals surface area (Å²) in [6.45, 7) is 4.35. The number of hydrogen-bond donors (Lipinski definition) is 1. The average molecular weight is 242 g/mol. The van der Waals surface area contributed by atoms with Gasteiger partial charge < -0.3 is 5.73 Å². The van der Waals surface area contributed by atoms with Crippen molar-refractivity contribution < 1.29 is 8.78 Å². The third-order valence-electron chi connectivity index (χ3n) is 2.98. The topological polar surface area (TPSA) is 38.4 Å². The second-order valence-electron chi connectivity index (χ2n) is 4.48. The van der Waals surface area contributed by atoms with Crippen LogP contribution in [0.1, 0.15) is 39.0 Å². The summed E-state index contributed by atoms with van der Waals surface area (Å²) in [5.74, 6) is -2.98. The zero-order valence-electron chi connectivity index (χ0n) is 10.3. The van der Waals surface area contributed by atoms with E-state index in [2.05, 4.69) is 11.6 Å². The van der Waals surface area contributed by atoms with E-state index in [0.29, 0.717) is 0 Å². The Morgan fingerprint density at radius 1 is 1.35 bits per heavy atom. The molecule has 1 aliphatic carbocycles. The Labute approximate surface area is 101 Å². The van der Waals surface area contributed by atoms with Gasteiger partial charge in [-0.15, -0.1) is 0 Å². The van der Waals surface area contributed by atoms with E-state index < -0.39 is 5.92 Å². The summed E-state index contributed by atoms with van der Waals surface area (Å²) >= 11 is 0. The number of allylic oxidation sites excluding steroid dienone is 2. The molecule has 2 nitrogen and oxygen atoms in total. The van der Waals surface area contributed by atoms with Gasteiger partial charge >= 0.3 is 0 Å². The van der Waals surface area contributed by atoms with E-state index >= 15 is 0 Å². The van der Waals surface area contributed by atoms with Crippen LogP contribution in [0.4, 0.5) is 8.78 Å². The molecule has 1 rings (SSSR count). The zero-order valence-corrected chi connectivity index (χ0v) is 10.3. The summed E-state index contributed by atoms with van der Waals surface area (Å²) in [6.07, 6.45) is 7.54. The average Bonchev–Trinajstić information content (AvgIpc) is 2.29. The monoisotopic (exact) mass is 242 g/mol. The lowest BCUT2D eigenvalue weighted by molar-refractivity contribution is 0.100. The molecule has 0 heterocycles. The van der Waals surface area contributed by atoms with Crippen LogP contribution in [0.5, 0.6) is 0 Å². The van der Waals surface area contributed by atoms with Gasteiger partial charge in [-0.1, -0.05) is 31.9 Å². The minimum absolute atomic E-state index is 0.000486. The first-order valence-corrected chi connectivity index (χ1v) is 6.00. The smallest absolute Gasteiger partial charge is 0.287 e. The molecule has 0 aromatic rings. The van der Waals surface area contributed by atoms with Crippen LogP contribution in [-0.2, 0) is 0 Å². The quantitative estimate of drug-likeness (QED) is 0.595. The molecule has 0 unspecified atom stereocenters. The maximum Gasteiger partial charge on any atom is 0.287 e. The highest BCUT2D eigenvalue weighted by atomic mass is 19.3. The van der Waals surface area contributed by atoms with Crippen LogP contribution in [0.15, 0.2) is 29.4 Å². The van der Waals surface area contributed by atoms with Crippen LogP contribution >= 0.6 is 0 Å². The van der Waals surface area contributed by atoms with Gasteiger partial charge in [-0.2, -0.15) is 8.78 Å². The zero-order chi connectivity index (χ0) is 12.9. The lowest BCUT2D eigenvalue weighted by Gasteiger charge is -2.22. The van der Waals surface area contributed by atoms with Crippen molar-refractivity contribution in [2.24, 2.45) is 10.7 Å². The van der Waals surface area contributed by atoms with E-state index in [-0.39, 0.29) is 17.3 Å². The van der Waals surface area contributed by atoms with Gasteiger partial charge in [0.05, 0.1) is 6.04 Å². The second kappa shape index (κ2) is 5.94. The van der Waals surface area contributed by atoms with Crippen molar-refractivity contribution in [1.82, 2.24) is 0 Å². The Morgan fingerprint density at radius 3 is 2.35 bits per heavy atom. The summed E-state index contributed by atoms with van der Waals surface area (Å²) in [5.41, 5.74) is 5.33. The van der Waals surface area contributed by atoms with Crippen molar-refractivity contribution >= 4 is 5.71 Å². The Morgan fingerprint density at radius 2 is 1.94 bits per heavy atom. The summed E-state index contributed by atoms with van der Waals surface area (Å²) in [5, 5.41) is 0. The number of halogens is 2. The molecule has 0 spiro atoms. The minimum Gasteiger partial charge on any atom is -0.404 e. The molecule has 0 saturated heterocycles. The van der Waals surface area contributed by atoms with Crippen LogP contribution in [0.3, 0.4) is 0 Å². The highest BCUT2D eigenvalue weighted by molar-refractivity contribution is 6.07. The van der Waals surface area contributed by atoms with Crippen LogP contribution in [0.25, 0.3) is 0 Å². The van der Waals surface area contributed by atoms with Crippen molar-refractivity contribution in [3.05, 3.63) is 24.4 Å². The van der Waals surface area contributed by atoms with Crippen molar-refractivity contribution in [3.63, 3.8) is 0 Å². The SMILES string of the molecule is C=CC(=CN)C(=NC1CCCCC1)C(C)(F)F. The third-order valence-corrected chi connectivity index (χ3v) is 2.98. The van der Waals surface area contributed by atoms with Gasteiger partial charge in [-0.3, -0.25) is 4.99 Å². The number of nitrogens with two attached hydrogens (primary N) is 1. The largest absolute Gasteiger partial charge is 0.404 e. The molecule has 0 aromatic carbocycles. The highest BCUT2D eigenvalue weighted by Gasteiger charge is 2.32. The van der Waals surface area contributed by atoms with E-state index in [9.17, 15) is 8.78 Å². The Balaban J connectivity index is 2.96. The predicted octanol–water partition coefficient (Wildman–Crippen LogP) is 3.44. The fourth-order valence-corrected chi connectivity index (χ4v) is 2.08. The summed E-state index contributed by atoms with van der Waals surface area (Å²) < 4.78 is 27.0. The molecule has 4 heteroatoms. The minimum atomic E-state index is -2.98. The summed E-state index contributed by atoms with van der Waals surface area (Å²) in [4.78, 5) is 4.20. The first kappa shape index (κ1) is 13.9. The third kappa shape index (κ3) is 3.95. The number of alkyl halides is 2. The van der Waals surface area contributed by atoms with Crippen molar-refractivity contribution in [2.75, 3.05) is 0 Å². The van der Waals surface area contributed by atoms with Gasteiger partial charge in [-0.05, 0) is 12.8 Å². The number of rotatable bonds is 4. The molecular formula is C13H20F2N2. The number of aliphatic imine (C=N–C) groups is 1. The molecule has 1 aliphatic rings. The van der Waals surface area contributed by atoms with Crippen molar-refractivity contribution in [3.8, 4) is 0 Å². The van der Waals surface area contributed by atoms with Crippen LogP contribution in [-0.4, -0.2) is 17.7 Å². The maximum absolute atomic E-state index is 13.5. The number of hydrogen-bond acceptors (Lipinski definition) is 2. The lowest BCUT2D eigenvalue weighted by Crippen LogP contribution is -2.29. The Hall–Kier alpha value is -1.19. The van der Waals surface area contributed by atoms with Gasteiger partial charge in [0.25, 0.3) is 5.92 Å². The Kier molecular flexibility index (Phi) is 4.85.